The minimum absolute atomic E-state index is 0.0757. The molecule has 1 aromatic carbocycles. The molecule has 36 heavy (non-hydrogen) atoms. The van der Waals surface area contributed by atoms with E-state index in [9.17, 15) is 14.4 Å². The SMILES string of the molecule is CCCCCCN(C(=O)C(CC(C)C)NC(=O)OC(C)(C)C)C(C(=O)NC(C)C)c1cccc(C)c1. The minimum Gasteiger partial charge on any atom is -0.444 e. The number of hydrogen-bond donors (Lipinski definition) is 2. The molecule has 1 rings (SSSR count). The predicted molar refractivity (Wildman–Crippen MR) is 146 cm³/mol. The highest BCUT2D eigenvalue weighted by atomic mass is 16.6. The number of ether oxygens (including phenoxy) is 1. The summed E-state index contributed by atoms with van der Waals surface area (Å²) in [5.74, 6) is -0.339. The predicted octanol–water partition coefficient (Wildman–Crippen LogP) is 5.91. The van der Waals surface area contributed by atoms with Crippen LogP contribution in [0.5, 0.6) is 0 Å². The van der Waals surface area contributed by atoms with Crippen LogP contribution in [-0.2, 0) is 14.3 Å². The molecule has 0 aliphatic rings. The van der Waals surface area contributed by atoms with Crippen molar-refractivity contribution in [3.8, 4) is 0 Å². The smallest absolute Gasteiger partial charge is 0.408 e. The Labute approximate surface area is 218 Å². The van der Waals surface area contributed by atoms with E-state index in [-0.39, 0.29) is 23.8 Å². The molecule has 0 aliphatic heterocycles. The fourth-order valence-electron chi connectivity index (χ4n) is 4.09. The summed E-state index contributed by atoms with van der Waals surface area (Å²) in [6.45, 7) is 17.7. The molecule has 0 aromatic heterocycles. The van der Waals surface area contributed by atoms with Crippen molar-refractivity contribution in [1.82, 2.24) is 15.5 Å². The fourth-order valence-corrected chi connectivity index (χ4v) is 4.09. The van der Waals surface area contributed by atoms with Crippen LogP contribution >= 0.6 is 0 Å². The number of carbonyl (C=O) groups is 3. The van der Waals surface area contributed by atoms with Crippen molar-refractivity contribution >= 4 is 17.9 Å². The molecule has 0 spiro atoms. The maximum atomic E-state index is 14.1. The number of nitrogens with zero attached hydrogens (tertiary/aromatic N) is 1. The van der Waals surface area contributed by atoms with E-state index in [1.54, 1.807) is 25.7 Å². The van der Waals surface area contributed by atoms with Gasteiger partial charge in [-0.25, -0.2) is 4.79 Å². The lowest BCUT2D eigenvalue weighted by Crippen LogP contribution is -2.54. The summed E-state index contributed by atoms with van der Waals surface area (Å²) >= 11 is 0. The van der Waals surface area contributed by atoms with Gasteiger partial charge in [-0.05, 0) is 65.9 Å². The summed E-state index contributed by atoms with van der Waals surface area (Å²) in [6, 6.07) is 6.05. The lowest BCUT2D eigenvalue weighted by molar-refractivity contribution is -0.143. The maximum absolute atomic E-state index is 14.1. The molecule has 7 nitrogen and oxygen atoms in total. The first-order chi connectivity index (χ1) is 16.7. The Hall–Kier alpha value is -2.57. The Morgan fingerprint density at radius 3 is 2.19 bits per heavy atom. The molecule has 1 aromatic rings. The first kappa shape index (κ1) is 31.5. The number of rotatable bonds is 13. The van der Waals surface area contributed by atoms with Crippen molar-refractivity contribution in [1.29, 1.82) is 0 Å². The molecule has 2 atom stereocenters. The molecule has 3 amide bonds. The van der Waals surface area contributed by atoms with Crippen LogP contribution in [0.1, 0.15) is 105 Å². The Balaban J connectivity index is 3.46. The van der Waals surface area contributed by atoms with Crippen LogP contribution in [0, 0.1) is 12.8 Å². The second-order valence-corrected chi connectivity index (χ2v) is 11.4. The number of hydrogen-bond acceptors (Lipinski definition) is 4. The van der Waals surface area contributed by atoms with E-state index < -0.39 is 23.8 Å². The van der Waals surface area contributed by atoms with Gasteiger partial charge in [-0.1, -0.05) is 69.9 Å². The van der Waals surface area contributed by atoms with Gasteiger partial charge in [0.15, 0.2) is 0 Å². The van der Waals surface area contributed by atoms with E-state index in [1.165, 1.54) is 0 Å². The van der Waals surface area contributed by atoms with Crippen molar-refractivity contribution in [2.75, 3.05) is 6.54 Å². The Kier molecular flexibility index (Phi) is 13.0. The highest BCUT2D eigenvalue weighted by Crippen LogP contribution is 2.26. The van der Waals surface area contributed by atoms with Crippen LogP contribution in [0.2, 0.25) is 0 Å². The van der Waals surface area contributed by atoms with Crippen molar-refractivity contribution in [3.05, 3.63) is 35.4 Å². The number of alkyl carbamates (subject to hydrolysis) is 1. The molecule has 0 saturated heterocycles. The van der Waals surface area contributed by atoms with Gasteiger partial charge in [0.1, 0.15) is 17.7 Å². The summed E-state index contributed by atoms with van der Waals surface area (Å²) in [6.07, 6.45) is 3.67. The zero-order valence-corrected chi connectivity index (χ0v) is 23.9. The molecule has 0 aliphatic carbocycles. The zero-order chi connectivity index (χ0) is 27.5. The van der Waals surface area contributed by atoms with Gasteiger partial charge in [-0.3, -0.25) is 9.59 Å². The van der Waals surface area contributed by atoms with Gasteiger partial charge in [0, 0.05) is 12.6 Å². The standard InChI is InChI=1S/C29H49N3O4/c1-10-11-12-13-17-32(25(26(33)30-21(4)5)23-16-14-15-22(6)19-23)27(34)24(18-20(2)3)31-28(35)36-29(7,8)9/h14-16,19-21,24-25H,10-13,17-18H2,1-9H3,(H,30,33)(H,31,35). The largest absolute Gasteiger partial charge is 0.444 e. The first-order valence-corrected chi connectivity index (χ1v) is 13.4. The van der Waals surface area contributed by atoms with Gasteiger partial charge in [-0.15, -0.1) is 0 Å². The van der Waals surface area contributed by atoms with Gasteiger partial charge < -0.3 is 20.3 Å². The van der Waals surface area contributed by atoms with Crippen molar-refractivity contribution in [2.24, 2.45) is 5.92 Å². The topological polar surface area (TPSA) is 87.7 Å². The molecule has 2 N–H and O–H groups in total. The Morgan fingerprint density at radius 1 is 1.00 bits per heavy atom. The van der Waals surface area contributed by atoms with Gasteiger partial charge in [0.05, 0.1) is 0 Å². The number of nitrogens with one attached hydrogen (secondary N) is 2. The number of amides is 3. The average Bonchev–Trinajstić information content (AvgIpc) is 2.72. The third kappa shape index (κ3) is 11.4. The van der Waals surface area contributed by atoms with Gasteiger partial charge >= 0.3 is 6.09 Å². The number of unbranched alkanes of at least 4 members (excludes halogenated alkanes) is 3. The van der Waals surface area contributed by atoms with E-state index in [2.05, 4.69) is 17.6 Å². The van der Waals surface area contributed by atoms with Crippen molar-refractivity contribution in [2.45, 2.75) is 118 Å². The third-order valence-electron chi connectivity index (χ3n) is 5.58. The van der Waals surface area contributed by atoms with E-state index in [0.717, 1.165) is 36.8 Å². The highest BCUT2D eigenvalue weighted by molar-refractivity contribution is 5.92. The normalized spacial score (nSPS) is 13.3. The van der Waals surface area contributed by atoms with E-state index in [4.69, 9.17) is 4.74 Å². The molecular formula is C29H49N3O4. The summed E-state index contributed by atoms with van der Waals surface area (Å²) in [5.41, 5.74) is 1.09. The molecule has 0 saturated carbocycles. The molecule has 7 heteroatoms. The van der Waals surface area contributed by atoms with Crippen molar-refractivity contribution in [3.63, 3.8) is 0 Å². The summed E-state index contributed by atoms with van der Waals surface area (Å²) in [5, 5.41) is 5.80. The molecule has 0 bridgehead atoms. The van der Waals surface area contributed by atoms with Crippen LogP contribution in [-0.4, -0.2) is 47.0 Å². The molecular weight excluding hydrogens is 454 g/mol. The Morgan fingerprint density at radius 2 is 1.67 bits per heavy atom. The highest BCUT2D eigenvalue weighted by Gasteiger charge is 2.36. The third-order valence-corrected chi connectivity index (χ3v) is 5.58. The second-order valence-electron chi connectivity index (χ2n) is 11.4. The maximum Gasteiger partial charge on any atom is 0.408 e. The first-order valence-electron chi connectivity index (χ1n) is 13.4. The monoisotopic (exact) mass is 503 g/mol. The molecule has 204 valence electrons. The lowest BCUT2D eigenvalue weighted by atomic mass is 9.97. The molecule has 0 radical (unpaired) electrons. The molecule has 2 unspecified atom stereocenters. The van der Waals surface area contributed by atoms with Crippen LogP contribution in [0.4, 0.5) is 4.79 Å². The van der Waals surface area contributed by atoms with Gasteiger partial charge in [-0.2, -0.15) is 0 Å². The minimum atomic E-state index is -0.801. The van der Waals surface area contributed by atoms with Crippen LogP contribution in [0.25, 0.3) is 0 Å². The summed E-state index contributed by atoms with van der Waals surface area (Å²) in [7, 11) is 0. The molecule has 0 fully saturated rings. The zero-order valence-electron chi connectivity index (χ0n) is 23.9. The summed E-state index contributed by atoms with van der Waals surface area (Å²) in [4.78, 5) is 42.0. The average molecular weight is 504 g/mol. The van der Waals surface area contributed by atoms with E-state index in [1.807, 2.05) is 58.9 Å². The quantitative estimate of drug-likeness (QED) is 0.328. The fraction of sp³-hybridized carbons (Fsp3) is 0.690. The van der Waals surface area contributed by atoms with Crippen LogP contribution < -0.4 is 10.6 Å². The molecule has 0 heterocycles. The lowest BCUT2D eigenvalue weighted by Gasteiger charge is -2.35. The summed E-state index contributed by atoms with van der Waals surface area (Å²) < 4.78 is 5.45. The number of benzene rings is 1. The van der Waals surface area contributed by atoms with E-state index >= 15 is 0 Å². The number of aryl methyl sites for hydroxylation is 1. The Bertz CT molecular complexity index is 845. The van der Waals surface area contributed by atoms with Crippen molar-refractivity contribution < 1.29 is 19.1 Å². The second kappa shape index (κ2) is 14.9. The van der Waals surface area contributed by atoms with Crippen LogP contribution in [0.15, 0.2) is 24.3 Å². The van der Waals surface area contributed by atoms with Gasteiger partial charge in [0.25, 0.3) is 0 Å². The van der Waals surface area contributed by atoms with Gasteiger partial charge in [0.2, 0.25) is 11.8 Å². The van der Waals surface area contributed by atoms with Crippen LogP contribution in [0.3, 0.4) is 0 Å². The number of carbonyl (C=O) groups excluding carboxylic acids is 3. The van der Waals surface area contributed by atoms with E-state index in [0.29, 0.717) is 13.0 Å².